The Hall–Kier alpha value is -3.55. The molecule has 1 aliphatic heterocycles. The van der Waals surface area contributed by atoms with Crippen LogP contribution in [0.1, 0.15) is 23.5 Å². The molecule has 0 radical (unpaired) electrons. The highest BCUT2D eigenvalue weighted by molar-refractivity contribution is 7.80. The first-order valence-electron chi connectivity index (χ1n) is 10.4. The molecule has 6 nitrogen and oxygen atoms in total. The minimum atomic E-state index is -0.297. The number of halogens is 1. The number of pyridine rings is 1. The van der Waals surface area contributed by atoms with Crippen molar-refractivity contribution >= 4 is 34.6 Å². The topological polar surface area (TPSA) is 62.5 Å². The highest BCUT2D eigenvalue weighted by Crippen LogP contribution is 2.45. The van der Waals surface area contributed by atoms with Crippen molar-refractivity contribution in [3.8, 4) is 17.2 Å². The maximum atomic E-state index is 10.7. The lowest BCUT2D eigenvalue weighted by Gasteiger charge is -2.29. The van der Waals surface area contributed by atoms with Crippen LogP contribution in [0.25, 0.3) is 5.69 Å². The number of hydrogen-bond acceptors (Lipinski definition) is 4. The summed E-state index contributed by atoms with van der Waals surface area (Å²) in [4.78, 5) is 6.49. The molecular formula is C25H21ClN4O2S. The summed E-state index contributed by atoms with van der Waals surface area (Å²) in [5.41, 5.74) is 3.33. The van der Waals surface area contributed by atoms with Crippen molar-refractivity contribution in [3.05, 3.63) is 102 Å². The number of anilines is 1. The molecule has 2 aromatic heterocycles. The number of phenolic OH excluding ortho intramolecular Hbond substituents is 1. The zero-order valence-electron chi connectivity index (χ0n) is 17.7. The SMILES string of the molecule is COc1ccc(-n2cccc2[C@@H]2[C@H](c3ccccn3)NC(=S)N2c2cc(Cl)ccc2O)cc1. The molecule has 5 rings (SSSR count). The van der Waals surface area contributed by atoms with E-state index in [0.29, 0.717) is 15.8 Å². The summed E-state index contributed by atoms with van der Waals surface area (Å²) in [6, 6.07) is 22.1. The van der Waals surface area contributed by atoms with Gasteiger partial charge < -0.3 is 24.6 Å². The van der Waals surface area contributed by atoms with Crippen LogP contribution in [0.2, 0.25) is 5.02 Å². The van der Waals surface area contributed by atoms with E-state index in [4.69, 9.17) is 28.6 Å². The molecule has 8 heteroatoms. The average molecular weight is 477 g/mol. The lowest BCUT2D eigenvalue weighted by Crippen LogP contribution is -2.30. The molecule has 2 aromatic carbocycles. The van der Waals surface area contributed by atoms with Gasteiger partial charge in [0.25, 0.3) is 0 Å². The van der Waals surface area contributed by atoms with E-state index < -0.39 is 0 Å². The normalized spacial score (nSPS) is 17.8. The third-order valence-electron chi connectivity index (χ3n) is 5.73. The van der Waals surface area contributed by atoms with Crippen molar-refractivity contribution in [2.24, 2.45) is 0 Å². The molecule has 1 saturated heterocycles. The van der Waals surface area contributed by atoms with Crippen LogP contribution in [0.4, 0.5) is 5.69 Å². The first-order valence-corrected chi connectivity index (χ1v) is 11.2. The molecule has 166 valence electrons. The van der Waals surface area contributed by atoms with Crippen molar-refractivity contribution in [2.45, 2.75) is 12.1 Å². The number of nitrogens with one attached hydrogen (secondary N) is 1. The molecule has 1 aliphatic rings. The van der Waals surface area contributed by atoms with Gasteiger partial charge in [0, 0.05) is 28.8 Å². The Labute approximate surface area is 202 Å². The molecule has 0 amide bonds. The van der Waals surface area contributed by atoms with Crippen LogP contribution in [-0.4, -0.2) is 26.9 Å². The van der Waals surface area contributed by atoms with Crippen molar-refractivity contribution < 1.29 is 9.84 Å². The lowest BCUT2D eigenvalue weighted by molar-refractivity contribution is 0.414. The van der Waals surface area contributed by atoms with E-state index in [1.807, 2.05) is 59.6 Å². The minimum Gasteiger partial charge on any atom is -0.506 e. The second kappa shape index (κ2) is 8.77. The van der Waals surface area contributed by atoms with Gasteiger partial charge in [-0.05, 0) is 78.9 Å². The third-order valence-corrected chi connectivity index (χ3v) is 6.28. The maximum absolute atomic E-state index is 10.7. The Bertz CT molecular complexity index is 1290. The Morgan fingerprint density at radius 2 is 1.88 bits per heavy atom. The van der Waals surface area contributed by atoms with Crippen LogP contribution in [0.5, 0.6) is 11.5 Å². The van der Waals surface area contributed by atoms with Gasteiger partial charge in [0.2, 0.25) is 0 Å². The third kappa shape index (κ3) is 3.90. The average Bonchev–Trinajstić information content (AvgIpc) is 3.45. The fourth-order valence-corrected chi connectivity index (χ4v) is 4.72. The predicted octanol–water partition coefficient (Wildman–Crippen LogP) is 5.42. The number of hydrogen-bond donors (Lipinski definition) is 2. The minimum absolute atomic E-state index is 0.0952. The van der Waals surface area contributed by atoms with E-state index in [-0.39, 0.29) is 17.8 Å². The largest absolute Gasteiger partial charge is 0.506 e. The van der Waals surface area contributed by atoms with E-state index in [9.17, 15) is 5.11 Å². The van der Waals surface area contributed by atoms with Crippen LogP contribution >= 0.6 is 23.8 Å². The molecule has 2 N–H and O–H groups in total. The van der Waals surface area contributed by atoms with Crippen LogP contribution in [0.15, 0.2) is 85.2 Å². The van der Waals surface area contributed by atoms with Gasteiger partial charge in [0.15, 0.2) is 5.11 Å². The summed E-state index contributed by atoms with van der Waals surface area (Å²) in [7, 11) is 1.65. The summed E-state index contributed by atoms with van der Waals surface area (Å²) in [5.74, 6) is 0.880. The van der Waals surface area contributed by atoms with E-state index in [1.165, 1.54) is 0 Å². The van der Waals surface area contributed by atoms with Crippen LogP contribution in [0.3, 0.4) is 0 Å². The molecule has 1 fully saturated rings. The number of aromatic nitrogens is 2. The number of methoxy groups -OCH3 is 1. The molecule has 0 spiro atoms. The van der Waals surface area contributed by atoms with Gasteiger partial charge in [-0.2, -0.15) is 0 Å². The molecule has 4 aromatic rings. The summed E-state index contributed by atoms with van der Waals surface area (Å²) in [6.07, 6.45) is 3.77. The van der Waals surface area contributed by atoms with Crippen LogP contribution in [-0.2, 0) is 0 Å². The molecule has 33 heavy (non-hydrogen) atoms. The maximum Gasteiger partial charge on any atom is 0.174 e. The number of ether oxygens (including phenoxy) is 1. The van der Waals surface area contributed by atoms with Gasteiger partial charge in [0.1, 0.15) is 17.5 Å². The highest BCUT2D eigenvalue weighted by Gasteiger charge is 2.43. The van der Waals surface area contributed by atoms with E-state index >= 15 is 0 Å². The summed E-state index contributed by atoms with van der Waals surface area (Å²) in [5, 5.41) is 15.1. The standard InChI is InChI=1S/C25H21ClN4O2S/c1-32-18-10-8-17(9-11-18)29-14-4-6-20(29)24-23(19-5-2-3-13-27-19)28-25(33)30(24)21-15-16(26)7-12-22(21)31/h2-15,23-24,31H,1H3,(H,28,33)/t23-,24+/m0/s1. The Morgan fingerprint density at radius 3 is 2.61 bits per heavy atom. The number of nitrogens with zero attached hydrogens (tertiary/aromatic N) is 3. The highest BCUT2D eigenvalue weighted by atomic mass is 35.5. The predicted molar refractivity (Wildman–Crippen MR) is 133 cm³/mol. The molecule has 3 heterocycles. The van der Waals surface area contributed by atoms with Crippen molar-refractivity contribution in [1.82, 2.24) is 14.9 Å². The van der Waals surface area contributed by atoms with E-state index in [2.05, 4.69) is 20.9 Å². The fourth-order valence-electron chi connectivity index (χ4n) is 4.22. The van der Waals surface area contributed by atoms with Gasteiger partial charge in [-0.1, -0.05) is 17.7 Å². The lowest BCUT2D eigenvalue weighted by atomic mass is 10.0. The molecular weight excluding hydrogens is 456 g/mol. The van der Waals surface area contributed by atoms with Gasteiger partial charge in [-0.25, -0.2) is 0 Å². The molecule has 0 aliphatic carbocycles. The van der Waals surface area contributed by atoms with Gasteiger partial charge >= 0.3 is 0 Å². The summed E-state index contributed by atoms with van der Waals surface area (Å²) >= 11 is 12.0. The molecule has 0 unspecified atom stereocenters. The summed E-state index contributed by atoms with van der Waals surface area (Å²) in [6.45, 7) is 0. The van der Waals surface area contributed by atoms with E-state index in [0.717, 1.165) is 22.8 Å². The van der Waals surface area contributed by atoms with Gasteiger partial charge in [-0.3, -0.25) is 4.98 Å². The number of phenols is 1. The number of benzene rings is 2. The smallest absolute Gasteiger partial charge is 0.174 e. The first kappa shape index (κ1) is 21.3. The Morgan fingerprint density at radius 1 is 1.06 bits per heavy atom. The number of rotatable bonds is 5. The van der Waals surface area contributed by atoms with Crippen molar-refractivity contribution in [1.29, 1.82) is 0 Å². The Balaban J connectivity index is 1.67. The monoisotopic (exact) mass is 476 g/mol. The second-order valence-electron chi connectivity index (χ2n) is 7.63. The van der Waals surface area contributed by atoms with Crippen molar-refractivity contribution in [3.63, 3.8) is 0 Å². The molecule has 0 saturated carbocycles. The fraction of sp³-hybridized carbons (Fsp3) is 0.120. The summed E-state index contributed by atoms with van der Waals surface area (Å²) < 4.78 is 7.41. The second-order valence-corrected chi connectivity index (χ2v) is 8.45. The van der Waals surface area contributed by atoms with Crippen molar-refractivity contribution in [2.75, 3.05) is 12.0 Å². The van der Waals surface area contributed by atoms with Gasteiger partial charge in [-0.15, -0.1) is 0 Å². The van der Waals surface area contributed by atoms with Crippen LogP contribution < -0.4 is 15.0 Å². The molecule has 0 bridgehead atoms. The first-order chi connectivity index (χ1) is 16.1. The van der Waals surface area contributed by atoms with E-state index in [1.54, 1.807) is 31.5 Å². The zero-order chi connectivity index (χ0) is 22.9. The quantitative estimate of drug-likeness (QED) is 0.375. The number of aromatic hydroxyl groups is 1. The Kier molecular flexibility index (Phi) is 5.66. The number of thiocarbonyl (C=S) groups is 1. The van der Waals surface area contributed by atoms with Crippen LogP contribution in [0, 0.1) is 0 Å². The molecule has 2 atom stereocenters. The van der Waals surface area contributed by atoms with Gasteiger partial charge in [0.05, 0.1) is 24.5 Å². The zero-order valence-corrected chi connectivity index (χ0v) is 19.3.